The van der Waals surface area contributed by atoms with Crippen LogP contribution in [0.3, 0.4) is 0 Å². The van der Waals surface area contributed by atoms with E-state index in [1.807, 2.05) is 31.2 Å². The Kier molecular flexibility index (Phi) is 6.35. The normalized spacial score (nSPS) is 13.5. The van der Waals surface area contributed by atoms with Crippen LogP contribution < -0.4 is 21.5 Å². The molecule has 1 aliphatic carbocycles. The fraction of sp³-hybridized carbons (Fsp3) is 0.440. The van der Waals surface area contributed by atoms with Crippen LogP contribution >= 0.6 is 0 Å². The van der Waals surface area contributed by atoms with Crippen molar-refractivity contribution in [3.05, 3.63) is 62.4 Å². The lowest BCUT2D eigenvalue weighted by molar-refractivity contribution is 0.102. The van der Waals surface area contributed by atoms with Crippen LogP contribution in [0.25, 0.3) is 11.0 Å². The number of amides is 1. The van der Waals surface area contributed by atoms with E-state index in [9.17, 15) is 14.4 Å². The third kappa shape index (κ3) is 4.55. The number of anilines is 2. The van der Waals surface area contributed by atoms with Crippen molar-refractivity contribution in [1.82, 2.24) is 14.5 Å². The molecule has 1 amide bonds. The number of nitrogens with one attached hydrogen (secondary N) is 2. The largest absolute Gasteiger partial charge is 0.369 e. The summed E-state index contributed by atoms with van der Waals surface area (Å²) in [4.78, 5) is 47.8. The molecule has 2 heterocycles. The molecule has 0 radical (unpaired) electrons. The second-order valence-electron chi connectivity index (χ2n) is 8.86. The Morgan fingerprint density at radius 3 is 2.48 bits per heavy atom. The van der Waals surface area contributed by atoms with Crippen molar-refractivity contribution in [2.75, 3.05) is 16.8 Å². The molecule has 1 saturated carbocycles. The van der Waals surface area contributed by atoms with E-state index in [0.717, 1.165) is 30.8 Å². The van der Waals surface area contributed by atoms with E-state index < -0.39 is 11.2 Å². The lowest BCUT2D eigenvalue weighted by Gasteiger charge is -2.27. The molecule has 3 aromatic rings. The zero-order chi connectivity index (χ0) is 23.7. The Bertz CT molecular complexity index is 1290. The summed E-state index contributed by atoms with van der Waals surface area (Å²) in [6.45, 7) is 9.64. The van der Waals surface area contributed by atoms with Crippen LogP contribution in [0.2, 0.25) is 0 Å². The van der Waals surface area contributed by atoms with Crippen LogP contribution in [0.1, 0.15) is 68.9 Å². The van der Waals surface area contributed by atoms with E-state index in [-0.39, 0.29) is 28.4 Å². The molecule has 1 aliphatic rings. The summed E-state index contributed by atoms with van der Waals surface area (Å²) in [6, 6.07) is 9.75. The van der Waals surface area contributed by atoms with Crippen LogP contribution in [-0.4, -0.2) is 33.0 Å². The van der Waals surface area contributed by atoms with Crippen molar-refractivity contribution in [3.8, 4) is 0 Å². The van der Waals surface area contributed by atoms with E-state index in [1.54, 1.807) is 6.07 Å². The smallest absolute Gasteiger partial charge is 0.329 e. The highest BCUT2D eigenvalue weighted by Gasteiger charge is 2.28. The Labute approximate surface area is 192 Å². The molecule has 0 aliphatic heterocycles. The molecule has 0 unspecified atom stereocenters. The van der Waals surface area contributed by atoms with Gasteiger partial charge in [0.25, 0.3) is 11.5 Å². The zero-order valence-electron chi connectivity index (χ0n) is 19.6. The van der Waals surface area contributed by atoms with Gasteiger partial charge in [-0.2, -0.15) is 0 Å². The van der Waals surface area contributed by atoms with E-state index >= 15 is 0 Å². The van der Waals surface area contributed by atoms with E-state index in [0.29, 0.717) is 24.7 Å². The van der Waals surface area contributed by atoms with Crippen molar-refractivity contribution in [2.24, 2.45) is 0 Å². The molecule has 2 N–H and O–H groups in total. The van der Waals surface area contributed by atoms with Crippen molar-refractivity contribution in [3.63, 3.8) is 0 Å². The topological polar surface area (TPSA) is 100 Å². The van der Waals surface area contributed by atoms with Gasteiger partial charge in [-0.15, -0.1) is 0 Å². The minimum atomic E-state index is -0.590. The third-order valence-corrected chi connectivity index (χ3v) is 6.08. The highest BCUT2D eigenvalue weighted by Crippen LogP contribution is 2.40. The maximum atomic E-state index is 13.3. The molecule has 2 aromatic heterocycles. The Hall–Kier alpha value is -3.42. The second-order valence-corrected chi connectivity index (χ2v) is 8.86. The molecule has 8 nitrogen and oxygen atoms in total. The highest BCUT2D eigenvalue weighted by molar-refractivity contribution is 6.11. The van der Waals surface area contributed by atoms with Gasteiger partial charge in [-0.3, -0.25) is 19.1 Å². The second kappa shape index (κ2) is 9.21. The van der Waals surface area contributed by atoms with Crippen LogP contribution in [0.15, 0.2) is 39.9 Å². The van der Waals surface area contributed by atoms with Gasteiger partial charge in [-0.25, -0.2) is 9.78 Å². The fourth-order valence-electron chi connectivity index (χ4n) is 4.27. The van der Waals surface area contributed by atoms with Crippen molar-refractivity contribution in [2.45, 2.75) is 65.5 Å². The average molecular weight is 450 g/mol. The summed E-state index contributed by atoms with van der Waals surface area (Å²) in [5.74, 6) is -0.124. The molecule has 1 fully saturated rings. The number of carbonyl (C=O) groups excluding carboxylic acids is 1. The zero-order valence-corrected chi connectivity index (χ0v) is 19.6. The number of aryl methyl sites for hydroxylation is 1. The van der Waals surface area contributed by atoms with Gasteiger partial charge < -0.3 is 10.2 Å². The molecule has 1 aromatic carbocycles. The third-order valence-electron chi connectivity index (χ3n) is 6.08. The molecule has 0 spiro atoms. The summed E-state index contributed by atoms with van der Waals surface area (Å²) in [6.07, 6.45) is 2.69. The lowest BCUT2D eigenvalue weighted by atomic mass is 10.1. The molecule has 0 saturated heterocycles. The average Bonchev–Trinajstić information content (AvgIpc) is 3.62. The Morgan fingerprint density at radius 1 is 1.21 bits per heavy atom. The van der Waals surface area contributed by atoms with Gasteiger partial charge in [-0.05, 0) is 70.4 Å². The first-order chi connectivity index (χ1) is 15.8. The molecule has 33 heavy (non-hydrogen) atoms. The number of fused-ring (bicyclic) bond motifs is 1. The van der Waals surface area contributed by atoms with Gasteiger partial charge in [-0.1, -0.05) is 6.92 Å². The summed E-state index contributed by atoms with van der Waals surface area (Å²) in [5.41, 5.74) is 1.92. The predicted octanol–water partition coefficient (Wildman–Crippen LogP) is 3.86. The lowest BCUT2D eigenvalue weighted by Crippen LogP contribution is -2.32. The van der Waals surface area contributed by atoms with Gasteiger partial charge in [0.2, 0.25) is 0 Å². The van der Waals surface area contributed by atoms with Crippen LogP contribution in [0, 0.1) is 0 Å². The van der Waals surface area contributed by atoms with Crippen molar-refractivity contribution < 1.29 is 4.79 Å². The number of carbonyl (C=O) groups is 1. The number of rotatable bonds is 8. The van der Waals surface area contributed by atoms with Crippen molar-refractivity contribution >= 4 is 28.3 Å². The molecular formula is C25H31N5O3. The number of H-pyrrole nitrogens is 1. The molecule has 4 rings (SSSR count). The summed E-state index contributed by atoms with van der Waals surface area (Å²) in [5, 5.41) is 3.07. The van der Waals surface area contributed by atoms with Gasteiger partial charge >= 0.3 is 5.69 Å². The van der Waals surface area contributed by atoms with Crippen LogP contribution in [0.4, 0.5) is 11.4 Å². The van der Waals surface area contributed by atoms with Gasteiger partial charge in [0.1, 0.15) is 0 Å². The number of hydrogen-bond acceptors (Lipinski definition) is 5. The van der Waals surface area contributed by atoms with E-state index in [1.165, 1.54) is 4.57 Å². The number of benzene rings is 1. The van der Waals surface area contributed by atoms with Gasteiger partial charge in [0.05, 0.1) is 10.9 Å². The van der Waals surface area contributed by atoms with Crippen molar-refractivity contribution in [1.29, 1.82) is 0 Å². The minimum Gasteiger partial charge on any atom is -0.369 e. The maximum absolute atomic E-state index is 13.3. The molecule has 0 atom stereocenters. The van der Waals surface area contributed by atoms with Crippen LogP contribution in [0.5, 0.6) is 0 Å². The number of aromatic amines is 1. The minimum absolute atomic E-state index is 0.151. The first kappa shape index (κ1) is 22.8. The first-order valence-corrected chi connectivity index (χ1v) is 11.7. The van der Waals surface area contributed by atoms with Gasteiger partial charge in [0, 0.05) is 42.1 Å². The number of hydrogen-bond donors (Lipinski definition) is 2. The molecule has 8 heteroatoms. The molecule has 0 bridgehead atoms. The molecule has 174 valence electrons. The summed E-state index contributed by atoms with van der Waals surface area (Å²) in [7, 11) is 0. The number of nitrogens with zero attached hydrogens (tertiary/aromatic N) is 3. The van der Waals surface area contributed by atoms with E-state index in [4.69, 9.17) is 0 Å². The fourth-order valence-corrected chi connectivity index (χ4v) is 4.27. The number of pyridine rings is 1. The van der Waals surface area contributed by atoms with E-state index in [2.05, 4.69) is 41.0 Å². The number of aromatic nitrogens is 3. The Balaban J connectivity index is 1.74. The predicted molar refractivity (Wildman–Crippen MR) is 131 cm³/mol. The Morgan fingerprint density at radius 2 is 1.91 bits per heavy atom. The monoisotopic (exact) mass is 449 g/mol. The first-order valence-electron chi connectivity index (χ1n) is 11.7. The van der Waals surface area contributed by atoms with Gasteiger partial charge in [0.15, 0.2) is 5.65 Å². The SMILES string of the molecule is CCCn1c(=O)[nH]c(=O)c2c(C(=O)Nc3ccc(N(CC)C(C)C)cc3)cc(C3CC3)nc21. The summed E-state index contributed by atoms with van der Waals surface area (Å²) >= 11 is 0. The maximum Gasteiger partial charge on any atom is 0.329 e. The molecular weight excluding hydrogens is 418 g/mol. The van der Waals surface area contributed by atoms with Crippen LogP contribution in [-0.2, 0) is 6.54 Å². The highest BCUT2D eigenvalue weighted by atomic mass is 16.2. The summed E-state index contributed by atoms with van der Waals surface area (Å²) < 4.78 is 1.46. The quantitative estimate of drug-likeness (QED) is 0.544. The standard InChI is InChI=1S/C25H31N5O3/c1-5-13-30-22-21(24(32)28-25(30)33)19(14-20(27-22)16-7-8-16)23(31)26-17-9-11-18(12-10-17)29(6-2)15(3)4/h9-12,14-16H,5-8,13H2,1-4H3,(H,26,31)(H,28,32,33).